The van der Waals surface area contributed by atoms with Gasteiger partial charge in [-0.3, -0.25) is 0 Å². The normalized spacial score (nSPS) is 15.4. The Labute approximate surface area is 56.9 Å². The van der Waals surface area contributed by atoms with Crippen molar-refractivity contribution in [3.8, 4) is 0 Å². The maximum Gasteiger partial charge on any atom is 0.356 e. The average Bonchev–Trinajstić information content (AvgIpc) is 2.37. The van der Waals surface area contributed by atoms with Crippen LogP contribution >= 0.6 is 12.1 Å². The van der Waals surface area contributed by atoms with Gasteiger partial charge in [0.05, 0.1) is 19.2 Å². The van der Waals surface area contributed by atoms with E-state index in [0.717, 1.165) is 0 Å². The Morgan fingerprint density at radius 1 is 1.89 bits per heavy atom. The van der Waals surface area contributed by atoms with Crippen LogP contribution in [0.2, 0.25) is 0 Å². The molecule has 0 aliphatic carbocycles. The van der Waals surface area contributed by atoms with Crippen molar-refractivity contribution in [1.29, 1.82) is 0 Å². The van der Waals surface area contributed by atoms with Crippen molar-refractivity contribution in [2.24, 2.45) is 0 Å². The Hall–Kier alpha value is -0.840. The topological polar surface area (TPSA) is 50.4 Å². The van der Waals surface area contributed by atoms with E-state index in [1.165, 1.54) is 19.2 Å². The van der Waals surface area contributed by atoms with Crippen LogP contribution in [0, 0.1) is 0 Å². The highest BCUT2D eigenvalue weighted by atomic mass is 32.2. The monoisotopic (exact) mass is 146 g/mol. The van der Waals surface area contributed by atoms with E-state index in [0.29, 0.717) is 5.70 Å². The van der Waals surface area contributed by atoms with Gasteiger partial charge in [-0.25, -0.2) is 4.79 Å². The smallest absolute Gasteiger partial charge is 0.356 e. The zero-order valence-electron chi connectivity index (χ0n) is 4.80. The molecule has 0 atom stereocenters. The number of methoxy groups -OCH3 is 1. The van der Waals surface area contributed by atoms with Crippen molar-refractivity contribution in [3.63, 3.8) is 0 Å². The molecule has 0 aromatic rings. The second-order valence-electron chi connectivity index (χ2n) is 1.37. The molecular weight excluding hydrogens is 140 g/mol. The number of hydrogen-bond acceptors (Lipinski definition) is 5. The molecule has 0 aromatic heterocycles. The van der Waals surface area contributed by atoms with E-state index in [2.05, 4.69) is 14.2 Å². The van der Waals surface area contributed by atoms with E-state index in [9.17, 15) is 4.79 Å². The van der Waals surface area contributed by atoms with Gasteiger partial charge in [0.2, 0.25) is 0 Å². The third kappa shape index (κ3) is 1.29. The minimum atomic E-state index is -0.354. The standard InChI is InChI=1S/C4H6N2O2S/c1-8-4(7)3-2-5-9-6-3/h2,5-6H,1H3. The molecule has 0 unspecified atom stereocenters. The summed E-state index contributed by atoms with van der Waals surface area (Å²) in [4.78, 5) is 10.6. The Kier molecular flexibility index (Phi) is 1.84. The van der Waals surface area contributed by atoms with Crippen LogP contribution in [0.15, 0.2) is 11.9 Å². The zero-order chi connectivity index (χ0) is 6.69. The molecule has 0 radical (unpaired) electrons. The third-order valence-corrected chi connectivity index (χ3v) is 1.39. The largest absolute Gasteiger partial charge is 0.464 e. The minimum Gasteiger partial charge on any atom is -0.464 e. The Morgan fingerprint density at radius 2 is 2.67 bits per heavy atom. The first-order valence-corrected chi connectivity index (χ1v) is 3.12. The maximum atomic E-state index is 10.6. The summed E-state index contributed by atoms with van der Waals surface area (Å²) >= 11 is 1.23. The second-order valence-corrected chi connectivity index (χ2v) is 2.02. The molecule has 0 aromatic carbocycles. The lowest BCUT2D eigenvalue weighted by Crippen LogP contribution is -2.11. The van der Waals surface area contributed by atoms with Crippen LogP contribution in [0.4, 0.5) is 0 Å². The first-order valence-electron chi connectivity index (χ1n) is 2.30. The van der Waals surface area contributed by atoms with Crippen molar-refractivity contribution in [2.45, 2.75) is 0 Å². The van der Waals surface area contributed by atoms with E-state index >= 15 is 0 Å². The molecule has 0 spiro atoms. The quantitative estimate of drug-likeness (QED) is 0.395. The van der Waals surface area contributed by atoms with E-state index in [1.54, 1.807) is 6.20 Å². The van der Waals surface area contributed by atoms with Crippen LogP contribution in [0.3, 0.4) is 0 Å². The van der Waals surface area contributed by atoms with Crippen molar-refractivity contribution in [1.82, 2.24) is 9.44 Å². The fourth-order valence-corrected chi connectivity index (χ4v) is 0.901. The molecule has 1 rings (SSSR count). The van der Waals surface area contributed by atoms with Gasteiger partial charge in [0.15, 0.2) is 0 Å². The van der Waals surface area contributed by atoms with Crippen LogP contribution in [-0.4, -0.2) is 13.1 Å². The summed E-state index contributed by atoms with van der Waals surface area (Å²) in [5, 5.41) is 0. The summed E-state index contributed by atoms with van der Waals surface area (Å²) in [5.41, 5.74) is 0.447. The Morgan fingerprint density at radius 3 is 3.11 bits per heavy atom. The highest BCUT2D eigenvalue weighted by molar-refractivity contribution is 7.96. The van der Waals surface area contributed by atoms with Gasteiger partial charge in [-0.05, 0) is 0 Å². The van der Waals surface area contributed by atoms with Gasteiger partial charge in [0, 0.05) is 6.20 Å². The van der Waals surface area contributed by atoms with E-state index in [1.807, 2.05) is 0 Å². The molecular formula is C4H6N2O2S. The Balaban J connectivity index is 2.51. The molecule has 9 heavy (non-hydrogen) atoms. The van der Waals surface area contributed by atoms with Gasteiger partial charge < -0.3 is 14.2 Å². The fourth-order valence-electron chi connectivity index (χ4n) is 0.413. The molecule has 0 bridgehead atoms. The maximum absolute atomic E-state index is 10.6. The van der Waals surface area contributed by atoms with Crippen LogP contribution in [0.25, 0.3) is 0 Å². The summed E-state index contributed by atoms with van der Waals surface area (Å²) in [6.07, 6.45) is 1.55. The summed E-state index contributed by atoms with van der Waals surface area (Å²) in [6.45, 7) is 0. The number of rotatable bonds is 1. The zero-order valence-corrected chi connectivity index (χ0v) is 5.62. The highest BCUT2D eigenvalue weighted by Crippen LogP contribution is 2.04. The number of esters is 1. The molecule has 0 amide bonds. The van der Waals surface area contributed by atoms with Gasteiger partial charge >= 0.3 is 5.97 Å². The Bertz CT molecular complexity index is 157. The first-order chi connectivity index (χ1) is 4.34. The number of ether oxygens (including phenoxy) is 1. The lowest BCUT2D eigenvalue weighted by molar-refractivity contribution is -0.136. The molecule has 0 saturated heterocycles. The predicted octanol–water partition coefficient (Wildman–Crippen LogP) is -0.243. The van der Waals surface area contributed by atoms with Crippen LogP contribution < -0.4 is 9.44 Å². The van der Waals surface area contributed by atoms with Crippen LogP contribution in [0.1, 0.15) is 0 Å². The van der Waals surface area contributed by atoms with E-state index in [4.69, 9.17) is 0 Å². The number of nitrogens with one attached hydrogen (secondary N) is 2. The van der Waals surface area contributed by atoms with Crippen LogP contribution in [-0.2, 0) is 9.53 Å². The molecule has 5 heteroatoms. The van der Waals surface area contributed by atoms with Gasteiger partial charge in [0.25, 0.3) is 0 Å². The van der Waals surface area contributed by atoms with Gasteiger partial charge in [0.1, 0.15) is 5.70 Å². The van der Waals surface area contributed by atoms with Gasteiger partial charge in [-0.2, -0.15) is 0 Å². The number of hydrogen-bond donors (Lipinski definition) is 2. The fraction of sp³-hybridized carbons (Fsp3) is 0.250. The minimum absolute atomic E-state index is 0.354. The third-order valence-electron chi connectivity index (χ3n) is 0.828. The average molecular weight is 146 g/mol. The van der Waals surface area contributed by atoms with Crippen molar-refractivity contribution < 1.29 is 9.53 Å². The van der Waals surface area contributed by atoms with Crippen molar-refractivity contribution in [2.75, 3.05) is 7.11 Å². The predicted molar refractivity (Wildman–Crippen MR) is 34.0 cm³/mol. The van der Waals surface area contributed by atoms with Gasteiger partial charge in [-0.1, -0.05) is 0 Å². The highest BCUT2D eigenvalue weighted by Gasteiger charge is 2.12. The second kappa shape index (κ2) is 2.63. The van der Waals surface area contributed by atoms with E-state index < -0.39 is 0 Å². The lowest BCUT2D eigenvalue weighted by atomic mass is 10.5. The molecule has 50 valence electrons. The van der Waals surface area contributed by atoms with Gasteiger partial charge in [-0.15, -0.1) is 0 Å². The lowest BCUT2D eigenvalue weighted by Gasteiger charge is -1.96. The summed E-state index contributed by atoms with van der Waals surface area (Å²) < 4.78 is 9.84. The first kappa shape index (κ1) is 6.28. The molecule has 0 saturated carbocycles. The molecule has 4 nitrogen and oxygen atoms in total. The molecule has 0 fully saturated rings. The van der Waals surface area contributed by atoms with Crippen LogP contribution in [0.5, 0.6) is 0 Å². The summed E-state index contributed by atoms with van der Waals surface area (Å²) in [5.74, 6) is -0.354. The van der Waals surface area contributed by atoms with E-state index in [-0.39, 0.29) is 5.97 Å². The number of carbonyl (C=O) groups excluding carboxylic acids is 1. The SMILES string of the molecule is COC(=O)C1=CNSN1. The molecule has 1 aliphatic rings. The van der Waals surface area contributed by atoms with Crippen molar-refractivity contribution in [3.05, 3.63) is 11.9 Å². The number of carbonyl (C=O) groups is 1. The van der Waals surface area contributed by atoms with Crippen molar-refractivity contribution >= 4 is 18.1 Å². The summed E-state index contributed by atoms with van der Waals surface area (Å²) in [7, 11) is 1.34. The summed E-state index contributed by atoms with van der Waals surface area (Å²) in [6, 6.07) is 0. The molecule has 1 heterocycles. The molecule has 2 N–H and O–H groups in total. The molecule has 1 aliphatic heterocycles.